The van der Waals surface area contributed by atoms with Crippen molar-refractivity contribution in [1.29, 1.82) is 0 Å². The monoisotopic (exact) mass is 489 g/mol. The molecule has 3 aromatic rings. The Morgan fingerprint density at radius 3 is 2.00 bits per heavy atom. The maximum atomic E-state index is 13.6. The van der Waals surface area contributed by atoms with E-state index in [0.29, 0.717) is 22.3 Å². The molecule has 2 amide bonds. The van der Waals surface area contributed by atoms with E-state index in [9.17, 15) is 22.8 Å². The van der Waals surface area contributed by atoms with Crippen molar-refractivity contribution in [3.8, 4) is 0 Å². The molecule has 4 rings (SSSR count). The van der Waals surface area contributed by atoms with Gasteiger partial charge in [0.15, 0.2) is 0 Å². The standard InChI is InChI=1S/C25H16Cl2F3NO2/c26-21-12-10-17(13-22(21)27)20(25(28,29)30)11-9-15-5-7-16(8-6-15)14-31-23(32)18-3-1-2-4-19(18)24(31)33/h1-13,20H,14H2. The molecule has 8 heteroatoms. The highest BCUT2D eigenvalue weighted by Gasteiger charge is 2.39. The molecule has 33 heavy (non-hydrogen) atoms. The summed E-state index contributed by atoms with van der Waals surface area (Å²) in [5.41, 5.74) is 1.93. The number of allylic oxidation sites excluding steroid dienone is 1. The van der Waals surface area contributed by atoms with Crippen molar-refractivity contribution in [3.05, 3.63) is 111 Å². The molecule has 0 aromatic heterocycles. The minimum absolute atomic E-state index is 0.0182. The second-order valence-electron chi connectivity index (χ2n) is 7.54. The zero-order valence-electron chi connectivity index (χ0n) is 16.9. The molecule has 3 aromatic carbocycles. The Bertz CT molecular complexity index is 1220. The van der Waals surface area contributed by atoms with E-state index in [1.54, 1.807) is 48.5 Å². The summed E-state index contributed by atoms with van der Waals surface area (Å²) < 4.78 is 40.9. The van der Waals surface area contributed by atoms with E-state index in [0.717, 1.165) is 11.0 Å². The Labute approximate surface area is 198 Å². The lowest BCUT2D eigenvalue weighted by Crippen LogP contribution is -2.29. The van der Waals surface area contributed by atoms with Gasteiger partial charge in [0.25, 0.3) is 11.8 Å². The summed E-state index contributed by atoms with van der Waals surface area (Å²) in [7, 11) is 0. The lowest BCUT2D eigenvalue weighted by Gasteiger charge is -2.18. The van der Waals surface area contributed by atoms with E-state index in [1.165, 1.54) is 24.3 Å². The second kappa shape index (κ2) is 9.04. The molecule has 1 aliphatic rings. The summed E-state index contributed by atoms with van der Waals surface area (Å²) in [4.78, 5) is 26.2. The van der Waals surface area contributed by atoms with Gasteiger partial charge in [-0.1, -0.05) is 77.8 Å². The number of fused-ring (bicyclic) bond motifs is 1. The Kier molecular flexibility index (Phi) is 6.32. The van der Waals surface area contributed by atoms with Crippen LogP contribution < -0.4 is 0 Å². The van der Waals surface area contributed by atoms with Crippen molar-refractivity contribution in [3.63, 3.8) is 0 Å². The molecule has 0 spiro atoms. The first kappa shape index (κ1) is 23.1. The Balaban J connectivity index is 1.50. The van der Waals surface area contributed by atoms with Gasteiger partial charge in [-0.05, 0) is 41.0 Å². The molecule has 1 heterocycles. The molecule has 1 unspecified atom stereocenters. The molecule has 0 bridgehead atoms. The molecular formula is C25H16Cl2F3NO2. The molecule has 1 atom stereocenters. The maximum Gasteiger partial charge on any atom is 0.399 e. The van der Waals surface area contributed by atoms with E-state index in [2.05, 4.69) is 0 Å². The number of alkyl halides is 3. The molecular weight excluding hydrogens is 474 g/mol. The molecule has 168 valence electrons. The number of rotatable bonds is 5. The number of imide groups is 1. The molecule has 3 nitrogen and oxygen atoms in total. The minimum Gasteiger partial charge on any atom is -0.270 e. The fourth-order valence-electron chi connectivity index (χ4n) is 3.62. The van der Waals surface area contributed by atoms with Crippen LogP contribution in [-0.4, -0.2) is 22.9 Å². The summed E-state index contributed by atoms with van der Waals surface area (Å²) in [6, 6.07) is 17.0. The third-order valence-corrected chi connectivity index (χ3v) is 6.07. The first-order valence-corrected chi connectivity index (χ1v) is 10.6. The summed E-state index contributed by atoms with van der Waals surface area (Å²) in [6.07, 6.45) is -2.09. The van der Waals surface area contributed by atoms with Gasteiger partial charge in [0.2, 0.25) is 0 Å². The second-order valence-corrected chi connectivity index (χ2v) is 8.35. The summed E-state index contributed by atoms with van der Waals surface area (Å²) in [5.74, 6) is -2.59. The zero-order valence-corrected chi connectivity index (χ0v) is 18.5. The van der Waals surface area contributed by atoms with Gasteiger partial charge in [-0.25, -0.2) is 0 Å². The largest absolute Gasteiger partial charge is 0.399 e. The normalized spacial score (nSPS) is 14.8. The number of nitrogens with zero attached hydrogens (tertiary/aromatic N) is 1. The van der Waals surface area contributed by atoms with Crippen LogP contribution in [0.5, 0.6) is 0 Å². The van der Waals surface area contributed by atoms with Crippen LogP contribution in [0.1, 0.15) is 43.3 Å². The van der Waals surface area contributed by atoms with E-state index >= 15 is 0 Å². The highest BCUT2D eigenvalue weighted by molar-refractivity contribution is 6.42. The lowest BCUT2D eigenvalue weighted by atomic mass is 9.97. The summed E-state index contributed by atoms with van der Waals surface area (Å²) >= 11 is 11.7. The SMILES string of the molecule is O=C1c2ccccc2C(=O)N1Cc1ccc(C=CC(c2ccc(Cl)c(Cl)c2)C(F)(F)F)cc1. The van der Waals surface area contributed by atoms with E-state index in [1.807, 2.05) is 0 Å². The van der Waals surface area contributed by atoms with E-state index in [4.69, 9.17) is 23.2 Å². The van der Waals surface area contributed by atoms with Crippen LogP contribution in [0, 0.1) is 0 Å². The van der Waals surface area contributed by atoms with Gasteiger partial charge in [-0.2, -0.15) is 13.2 Å². The van der Waals surface area contributed by atoms with Gasteiger partial charge < -0.3 is 0 Å². The van der Waals surface area contributed by atoms with Crippen molar-refractivity contribution in [1.82, 2.24) is 4.90 Å². The number of hydrogen-bond acceptors (Lipinski definition) is 2. The molecule has 0 fully saturated rings. The van der Waals surface area contributed by atoms with Crippen LogP contribution in [0.2, 0.25) is 10.0 Å². The molecule has 0 saturated heterocycles. The summed E-state index contributed by atoms with van der Waals surface area (Å²) in [6.45, 7) is 0.0742. The number of halogens is 5. The molecule has 0 saturated carbocycles. The predicted molar refractivity (Wildman–Crippen MR) is 121 cm³/mol. The Morgan fingerprint density at radius 2 is 1.45 bits per heavy atom. The highest BCUT2D eigenvalue weighted by Crippen LogP contribution is 2.38. The van der Waals surface area contributed by atoms with Crippen molar-refractivity contribution in [2.45, 2.75) is 18.6 Å². The first-order valence-electron chi connectivity index (χ1n) is 9.89. The van der Waals surface area contributed by atoms with Crippen molar-refractivity contribution in [2.75, 3.05) is 0 Å². The van der Waals surface area contributed by atoms with Crippen LogP contribution in [-0.2, 0) is 6.54 Å². The van der Waals surface area contributed by atoms with Gasteiger partial charge in [-0.15, -0.1) is 0 Å². The fraction of sp³-hybridized carbons (Fsp3) is 0.120. The highest BCUT2D eigenvalue weighted by atomic mass is 35.5. The quantitative estimate of drug-likeness (QED) is 0.357. The van der Waals surface area contributed by atoms with Gasteiger partial charge in [0.1, 0.15) is 0 Å². The average Bonchev–Trinajstić information content (AvgIpc) is 3.01. The van der Waals surface area contributed by atoms with Crippen LogP contribution in [0.4, 0.5) is 13.2 Å². The zero-order chi connectivity index (χ0) is 23.8. The molecule has 0 radical (unpaired) electrons. The Morgan fingerprint density at radius 1 is 0.848 bits per heavy atom. The van der Waals surface area contributed by atoms with Crippen LogP contribution in [0.25, 0.3) is 6.08 Å². The van der Waals surface area contributed by atoms with E-state index in [-0.39, 0.29) is 34.0 Å². The molecule has 0 aliphatic carbocycles. The number of carbonyl (C=O) groups excluding carboxylic acids is 2. The third-order valence-electron chi connectivity index (χ3n) is 5.34. The van der Waals surface area contributed by atoms with Crippen LogP contribution in [0.3, 0.4) is 0 Å². The topological polar surface area (TPSA) is 37.4 Å². The third kappa shape index (κ3) is 4.82. The van der Waals surface area contributed by atoms with Crippen molar-refractivity contribution in [2.24, 2.45) is 0 Å². The number of hydrogen-bond donors (Lipinski definition) is 0. The Hall–Kier alpha value is -3.09. The lowest BCUT2D eigenvalue weighted by molar-refractivity contribution is -0.139. The number of benzene rings is 3. The van der Waals surface area contributed by atoms with Gasteiger partial charge in [-0.3, -0.25) is 14.5 Å². The minimum atomic E-state index is -4.51. The van der Waals surface area contributed by atoms with Crippen LogP contribution >= 0.6 is 23.2 Å². The van der Waals surface area contributed by atoms with Gasteiger partial charge >= 0.3 is 6.18 Å². The summed E-state index contributed by atoms with van der Waals surface area (Å²) in [5, 5.41) is 0.230. The van der Waals surface area contributed by atoms with Gasteiger partial charge in [0, 0.05) is 0 Å². The molecule has 0 N–H and O–H groups in total. The predicted octanol–water partition coefficient (Wildman–Crippen LogP) is 7.15. The van der Waals surface area contributed by atoms with Crippen LogP contribution in [0.15, 0.2) is 72.8 Å². The van der Waals surface area contributed by atoms with Crippen molar-refractivity contribution >= 4 is 41.1 Å². The van der Waals surface area contributed by atoms with Crippen molar-refractivity contribution < 1.29 is 22.8 Å². The smallest absolute Gasteiger partial charge is 0.270 e. The van der Waals surface area contributed by atoms with E-state index < -0.39 is 12.1 Å². The number of amides is 2. The number of carbonyl (C=O) groups is 2. The molecule has 1 aliphatic heterocycles. The first-order chi connectivity index (χ1) is 15.6. The fourth-order valence-corrected chi connectivity index (χ4v) is 3.93. The average molecular weight is 490 g/mol. The van der Waals surface area contributed by atoms with Gasteiger partial charge in [0.05, 0.1) is 33.6 Å². The maximum absolute atomic E-state index is 13.6.